The average molecular weight is 276 g/mol. The van der Waals surface area contributed by atoms with Gasteiger partial charge < -0.3 is 20.2 Å². The van der Waals surface area contributed by atoms with Crippen molar-refractivity contribution in [3.05, 3.63) is 29.7 Å². The number of aliphatic hydroxyl groups excluding tert-OH is 1. The van der Waals surface area contributed by atoms with Crippen molar-refractivity contribution in [1.82, 2.24) is 20.8 Å². The van der Waals surface area contributed by atoms with Crippen LogP contribution in [0.15, 0.2) is 22.7 Å². The Morgan fingerprint density at radius 3 is 3.05 bits per heavy atom. The minimum absolute atomic E-state index is 0.251. The normalized spacial score (nSPS) is 22.5. The number of aryl methyl sites for hydroxylation is 1. The lowest BCUT2D eigenvalue weighted by Crippen LogP contribution is -2.30. The average Bonchev–Trinajstić information content (AvgIpc) is 3.12. The predicted octanol–water partition coefficient (Wildman–Crippen LogP) is 0.648. The van der Waals surface area contributed by atoms with E-state index in [1.54, 1.807) is 0 Å². The zero-order valence-electron chi connectivity index (χ0n) is 11.5. The monoisotopic (exact) mass is 276 g/mol. The lowest BCUT2D eigenvalue weighted by atomic mass is 10.1. The van der Waals surface area contributed by atoms with Crippen LogP contribution in [0.2, 0.25) is 0 Å². The number of aliphatic hydroxyl groups is 1. The second-order valence-electron chi connectivity index (χ2n) is 5.30. The van der Waals surface area contributed by atoms with Crippen molar-refractivity contribution in [3.63, 3.8) is 0 Å². The molecule has 0 amide bonds. The van der Waals surface area contributed by atoms with Crippen molar-refractivity contribution < 1.29 is 9.52 Å². The van der Waals surface area contributed by atoms with Crippen LogP contribution in [0.5, 0.6) is 0 Å². The smallest absolute Gasteiger partial charge is 0.152 e. The maximum absolute atomic E-state index is 9.75. The Hall–Kier alpha value is -1.63. The van der Waals surface area contributed by atoms with E-state index in [1.165, 1.54) is 0 Å². The zero-order valence-corrected chi connectivity index (χ0v) is 11.5. The molecule has 20 heavy (non-hydrogen) atoms. The number of rotatable bonds is 5. The fourth-order valence-corrected chi connectivity index (χ4v) is 2.55. The van der Waals surface area contributed by atoms with E-state index < -0.39 is 0 Å². The molecule has 6 heteroatoms. The van der Waals surface area contributed by atoms with Crippen LogP contribution in [0, 0.1) is 12.8 Å². The summed E-state index contributed by atoms with van der Waals surface area (Å²) in [6.07, 6.45) is 1.56. The maximum Gasteiger partial charge on any atom is 0.152 e. The molecule has 108 valence electrons. The number of β-amino-alcohol motifs (C(OH)–C–C–N with tert-alkyl or cyclic N) is 1. The minimum atomic E-state index is -0.251. The van der Waals surface area contributed by atoms with E-state index in [2.05, 4.69) is 20.8 Å². The number of hydrogen-bond donors (Lipinski definition) is 4. The topological polar surface area (TPSA) is 86.1 Å². The molecule has 4 N–H and O–H groups in total. The molecule has 1 saturated heterocycles. The standard InChI is InChI=1S/C14H20N4O2/c1-9-2-3-13(20-9)14-11(7-17-18-14)6-15-4-10-5-16-8-12(10)19/h2-3,7,10,12,15-16,19H,4-6,8H2,1H3,(H,17,18). The molecule has 3 rings (SSSR count). The Kier molecular flexibility index (Phi) is 3.86. The van der Waals surface area contributed by atoms with Gasteiger partial charge >= 0.3 is 0 Å². The molecule has 0 aromatic carbocycles. The number of H-pyrrole nitrogens is 1. The van der Waals surface area contributed by atoms with Gasteiger partial charge in [0.05, 0.1) is 12.3 Å². The summed E-state index contributed by atoms with van der Waals surface area (Å²) in [5.74, 6) is 1.96. The SMILES string of the molecule is Cc1ccc(-c2[nH]ncc2CNCC2CNCC2O)o1. The molecule has 0 bridgehead atoms. The summed E-state index contributed by atoms with van der Waals surface area (Å²) in [7, 11) is 0. The quantitative estimate of drug-likeness (QED) is 0.644. The molecule has 1 fully saturated rings. The number of aromatic amines is 1. The van der Waals surface area contributed by atoms with Crippen LogP contribution in [-0.2, 0) is 6.54 Å². The van der Waals surface area contributed by atoms with Gasteiger partial charge in [-0.2, -0.15) is 5.10 Å². The van der Waals surface area contributed by atoms with Crippen LogP contribution in [-0.4, -0.2) is 41.0 Å². The molecule has 6 nitrogen and oxygen atoms in total. The second-order valence-corrected chi connectivity index (χ2v) is 5.30. The van der Waals surface area contributed by atoms with E-state index in [4.69, 9.17) is 4.42 Å². The maximum atomic E-state index is 9.75. The van der Waals surface area contributed by atoms with Crippen LogP contribution in [0.25, 0.3) is 11.5 Å². The number of nitrogens with zero attached hydrogens (tertiary/aromatic N) is 1. The van der Waals surface area contributed by atoms with E-state index in [0.29, 0.717) is 13.1 Å². The summed E-state index contributed by atoms with van der Waals surface area (Å²) >= 11 is 0. The number of furan rings is 1. The highest BCUT2D eigenvalue weighted by atomic mass is 16.3. The molecule has 0 spiro atoms. The Labute approximate surface area is 117 Å². The van der Waals surface area contributed by atoms with E-state index in [1.807, 2.05) is 25.3 Å². The van der Waals surface area contributed by atoms with Crippen LogP contribution >= 0.6 is 0 Å². The summed E-state index contributed by atoms with van der Waals surface area (Å²) in [6.45, 7) is 4.97. The molecule has 3 heterocycles. The van der Waals surface area contributed by atoms with Gasteiger partial charge in [-0.25, -0.2) is 0 Å². The predicted molar refractivity (Wildman–Crippen MR) is 75.1 cm³/mol. The van der Waals surface area contributed by atoms with Crippen LogP contribution in [0.1, 0.15) is 11.3 Å². The first-order valence-corrected chi connectivity index (χ1v) is 6.92. The van der Waals surface area contributed by atoms with Crippen molar-refractivity contribution in [2.24, 2.45) is 5.92 Å². The summed E-state index contributed by atoms with van der Waals surface area (Å²) in [4.78, 5) is 0. The highest BCUT2D eigenvalue weighted by Gasteiger charge is 2.24. The third-order valence-electron chi connectivity index (χ3n) is 3.73. The van der Waals surface area contributed by atoms with Gasteiger partial charge in [0.25, 0.3) is 0 Å². The lowest BCUT2D eigenvalue weighted by molar-refractivity contribution is 0.146. The summed E-state index contributed by atoms with van der Waals surface area (Å²) in [5.41, 5.74) is 1.98. The fraction of sp³-hybridized carbons (Fsp3) is 0.500. The van der Waals surface area contributed by atoms with Crippen LogP contribution in [0.4, 0.5) is 0 Å². The molecule has 0 aliphatic carbocycles. The van der Waals surface area contributed by atoms with Gasteiger partial charge in [-0.3, -0.25) is 5.10 Å². The first-order chi connectivity index (χ1) is 9.74. The van der Waals surface area contributed by atoms with Crippen molar-refractivity contribution in [2.45, 2.75) is 19.6 Å². The van der Waals surface area contributed by atoms with Crippen LogP contribution < -0.4 is 10.6 Å². The molecule has 1 aliphatic rings. The number of aromatic nitrogens is 2. The Bertz CT molecular complexity index is 563. The molecule has 1 aliphatic heterocycles. The molecule has 2 unspecified atom stereocenters. The summed E-state index contributed by atoms with van der Waals surface area (Å²) in [6, 6.07) is 3.88. The first kappa shape index (κ1) is 13.4. The van der Waals surface area contributed by atoms with E-state index in [9.17, 15) is 5.11 Å². The van der Waals surface area contributed by atoms with E-state index >= 15 is 0 Å². The largest absolute Gasteiger partial charge is 0.460 e. The second kappa shape index (κ2) is 5.78. The van der Waals surface area contributed by atoms with Gasteiger partial charge in [0.1, 0.15) is 11.5 Å². The van der Waals surface area contributed by atoms with Gasteiger partial charge in [-0.15, -0.1) is 0 Å². The van der Waals surface area contributed by atoms with E-state index in [-0.39, 0.29) is 12.0 Å². The first-order valence-electron chi connectivity index (χ1n) is 6.92. The Morgan fingerprint density at radius 1 is 1.45 bits per heavy atom. The van der Waals surface area contributed by atoms with Crippen molar-refractivity contribution in [1.29, 1.82) is 0 Å². The van der Waals surface area contributed by atoms with Gasteiger partial charge in [-0.05, 0) is 19.1 Å². The molecule has 0 radical (unpaired) electrons. The van der Waals surface area contributed by atoms with Gasteiger partial charge in [0.2, 0.25) is 0 Å². The van der Waals surface area contributed by atoms with Crippen molar-refractivity contribution in [2.75, 3.05) is 19.6 Å². The van der Waals surface area contributed by atoms with Gasteiger partial charge in [0, 0.05) is 37.7 Å². The number of nitrogens with one attached hydrogen (secondary N) is 3. The highest BCUT2D eigenvalue weighted by Crippen LogP contribution is 2.23. The third kappa shape index (κ3) is 2.77. The molecular weight excluding hydrogens is 256 g/mol. The van der Waals surface area contributed by atoms with Gasteiger partial charge in [0.15, 0.2) is 5.76 Å². The molecule has 2 atom stereocenters. The van der Waals surface area contributed by atoms with Crippen molar-refractivity contribution in [3.8, 4) is 11.5 Å². The molecule has 2 aromatic heterocycles. The Balaban J connectivity index is 1.60. The molecule has 2 aromatic rings. The number of hydrogen-bond acceptors (Lipinski definition) is 5. The summed E-state index contributed by atoms with van der Waals surface area (Å²) in [5, 5.41) is 23.4. The fourth-order valence-electron chi connectivity index (χ4n) is 2.55. The Morgan fingerprint density at radius 2 is 2.35 bits per heavy atom. The highest BCUT2D eigenvalue weighted by molar-refractivity contribution is 5.56. The molecule has 0 saturated carbocycles. The van der Waals surface area contributed by atoms with E-state index in [0.717, 1.165) is 35.9 Å². The summed E-state index contributed by atoms with van der Waals surface area (Å²) < 4.78 is 5.62. The van der Waals surface area contributed by atoms with Crippen LogP contribution in [0.3, 0.4) is 0 Å². The molecular formula is C14H20N4O2. The van der Waals surface area contributed by atoms with Crippen molar-refractivity contribution >= 4 is 0 Å². The van der Waals surface area contributed by atoms with Gasteiger partial charge in [-0.1, -0.05) is 0 Å². The zero-order chi connectivity index (χ0) is 13.9. The third-order valence-corrected chi connectivity index (χ3v) is 3.73. The minimum Gasteiger partial charge on any atom is -0.460 e. The lowest BCUT2D eigenvalue weighted by Gasteiger charge is -2.13.